The minimum atomic E-state index is -0.478. The van der Waals surface area contributed by atoms with Crippen molar-refractivity contribution in [1.29, 1.82) is 0 Å². The van der Waals surface area contributed by atoms with Crippen molar-refractivity contribution < 1.29 is 14.3 Å². The maximum Gasteiger partial charge on any atom is 0.262 e. The van der Waals surface area contributed by atoms with Crippen LogP contribution >= 0.6 is 11.8 Å². The number of hydrogen-bond donors (Lipinski definition) is 1. The molecule has 8 heteroatoms. The maximum atomic E-state index is 13.2. The van der Waals surface area contributed by atoms with E-state index in [4.69, 9.17) is 14.5 Å². The van der Waals surface area contributed by atoms with Crippen LogP contribution in [-0.4, -0.2) is 40.5 Å². The van der Waals surface area contributed by atoms with Crippen molar-refractivity contribution in [3.63, 3.8) is 0 Å². The lowest BCUT2D eigenvalue weighted by Gasteiger charge is -2.19. The fourth-order valence-corrected chi connectivity index (χ4v) is 4.50. The molecule has 162 valence electrons. The fourth-order valence-electron chi connectivity index (χ4n) is 3.58. The van der Waals surface area contributed by atoms with E-state index < -0.39 is 5.25 Å². The van der Waals surface area contributed by atoms with E-state index in [1.54, 1.807) is 36.8 Å². The molecule has 1 aliphatic heterocycles. The Bertz CT molecular complexity index is 1140. The first-order chi connectivity index (χ1) is 15.1. The van der Waals surface area contributed by atoms with E-state index in [1.165, 1.54) is 11.8 Å². The number of carbonyl (C=O) groups is 1. The fraction of sp³-hybridized carbons (Fsp3) is 0.348. The molecule has 7 nitrogen and oxygen atoms in total. The standard InChI is InChI=1S/C23H25N3O4S/c1-15(21(27)24-19-11-5-6-12-20(19)29-2)31-23-25-18-10-4-3-9-17(18)22(28)26(23)14-16-8-7-13-30-16/h3-6,9-12,15-16H,7-8,13-14H2,1-2H3,(H,24,27)/t15-,16+/m1/s1. The number of benzene rings is 2. The van der Waals surface area contributed by atoms with Gasteiger partial charge in [0.2, 0.25) is 5.91 Å². The highest BCUT2D eigenvalue weighted by Gasteiger charge is 2.23. The third-order valence-corrected chi connectivity index (χ3v) is 6.34. The summed E-state index contributed by atoms with van der Waals surface area (Å²) < 4.78 is 12.7. The summed E-state index contributed by atoms with van der Waals surface area (Å²) in [4.78, 5) is 30.8. The summed E-state index contributed by atoms with van der Waals surface area (Å²) >= 11 is 1.27. The van der Waals surface area contributed by atoms with Crippen molar-refractivity contribution in [3.05, 3.63) is 58.9 Å². The number of thioether (sulfide) groups is 1. The quantitative estimate of drug-likeness (QED) is 0.447. The number of aromatic nitrogens is 2. The first kappa shape index (κ1) is 21.4. The second kappa shape index (κ2) is 9.53. The Morgan fingerprint density at radius 3 is 2.84 bits per heavy atom. The summed E-state index contributed by atoms with van der Waals surface area (Å²) in [5.41, 5.74) is 1.11. The molecule has 3 aromatic rings. The SMILES string of the molecule is COc1ccccc1NC(=O)[C@@H](C)Sc1nc2ccccc2c(=O)n1C[C@@H]1CCCO1. The molecule has 1 fully saturated rings. The van der Waals surface area contributed by atoms with Crippen molar-refractivity contribution in [2.45, 2.75) is 42.8 Å². The molecule has 1 amide bonds. The minimum Gasteiger partial charge on any atom is -0.495 e. The predicted molar refractivity (Wildman–Crippen MR) is 122 cm³/mol. The van der Waals surface area contributed by atoms with Crippen LogP contribution in [0.15, 0.2) is 58.5 Å². The summed E-state index contributed by atoms with van der Waals surface area (Å²) in [7, 11) is 1.56. The van der Waals surface area contributed by atoms with Crippen LogP contribution in [0, 0.1) is 0 Å². The molecule has 0 bridgehead atoms. The second-order valence-corrected chi connectivity index (χ2v) is 8.72. The number of methoxy groups -OCH3 is 1. The Morgan fingerprint density at radius 2 is 2.06 bits per heavy atom. The molecule has 2 heterocycles. The van der Waals surface area contributed by atoms with Crippen LogP contribution in [0.2, 0.25) is 0 Å². The number of carbonyl (C=O) groups excluding carboxylic acids is 1. The predicted octanol–water partition coefficient (Wildman–Crippen LogP) is 3.70. The van der Waals surface area contributed by atoms with E-state index in [2.05, 4.69) is 5.32 Å². The highest BCUT2D eigenvalue weighted by molar-refractivity contribution is 8.00. The number of ether oxygens (including phenoxy) is 2. The molecule has 31 heavy (non-hydrogen) atoms. The average molecular weight is 440 g/mol. The monoisotopic (exact) mass is 439 g/mol. The van der Waals surface area contributed by atoms with Crippen molar-refractivity contribution in [1.82, 2.24) is 9.55 Å². The maximum absolute atomic E-state index is 13.2. The molecule has 1 N–H and O–H groups in total. The van der Waals surface area contributed by atoms with Gasteiger partial charge in [-0.1, -0.05) is 36.0 Å². The van der Waals surface area contributed by atoms with Gasteiger partial charge >= 0.3 is 0 Å². The normalized spacial score (nSPS) is 16.9. The highest BCUT2D eigenvalue weighted by atomic mass is 32.2. The van der Waals surface area contributed by atoms with Crippen LogP contribution in [0.4, 0.5) is 5.69 Å². The van der Waals surface area contributed by atoms with E-state index in [1.807, 2.05) is 30.3 Å². The lowest BCUT2D eigenvalue weighted by Crippen LogP contribution is -2.30. The van der Waals surface area contributed by atoms with Gasteiger partial charge in [-0.2, -0.15) is 0 Å². The first-order valence-electron chi connectivity index (χ1n) is 10.3. The number of rotatable bonds is 7. The number of hydrogen-bond acceptors (Lipinski definition) is 6. The Morgan fingerprint density at radius 1 is 1.29 bits per heavy atom. The van der Waals surface area contributed by atoms with Gasteiger partial charge < -0.3 is 14.8 Å². The Hall–Kier alpha value is -2.84. The van der Waals surface area contributed by atoms with Gasteiger partial charge in [0, 0.05) is 6.61 Å². The van der Waals surface area contributed by atoms with Gasteiger partial charge in [-0.15, -0.1) is 0 Å². The number of amides is 1. The minimum absolute atomic E-state index is 0.0160. The lowest BCUT2D eigenvalue weighted by molar-refractivity contribution is -0.115. The van der Waals surface area contributed by atoms with E-state index in [9.17, 15) is 9.59 Å². The number of fused-ring (bicyclic) bond motifs is 1. The van der Waals surface area contributed by atoms with Gasteiger partial charge in [-0.3, -0.25) is 14.2 Å². The number of nitrogens with one attached hydrogen (secondary N) is 1. The van der Waals surface area contributed by atoms with Crippen LogP contribution in [0.25, 0.3) is 10.9 Å². The largest absolute Gasteiger partial charge is 0.495 e. The lowest BCUT2D eigenvalue weighted by atomic mass is 10.2. The first-order valence-corrected chi connectivity index (χ1v) is 11.2. The van der Waals surface area contributed by atoms with E-state index >= 15 is 0 Å². The third kappa shape index (κ3) is 4.75. The van der Waals surface area contributed by atoms with Crippen LogP contribution in [0.3, 0.4) is 0 Å². The molecule has 0 unspecified atom stereocenters. The molecular formula is C23H25N3O4S. The molecular weight excluding hydrogens is 414 g/mol. The summed E-state index contributed by atoms with van der Waals surface area (Å²) in [6.45, 7) is 2.94. The Kier molecular flexibility index (Phi) is 6.58. The number of para-hydroxylation sites is 3. The number of anilines is 1. The van der Waals surface area contributed by atoms with Gasteiger partial charge in [0.25, 0.3) is 5.56 Å². The van der Waals surface area contributed by atoms with Crippen LogP contribution in [-0.2, 0) is 16.1 Å². The molecule has 1 aliphatic rings. The molecule has 0 aliphatic carbocycles. The van der Waals surface area contributed by atoms with Gasteiger partial charge in [0.15, 0.2) is 5.16 Å². The van der Waals surface area contributed by atoms with Gasteiger partial charge in [0.1, 0.15) is 5.75 Å². The molecule has 0 radical (unpaired) electrons. The molecule has 2 atom stereocenters. The van der Waals surface area contributed by atoms with E-state index in [-0.39, 0.29) is 17.6 Å². The molecule has 0 saturated carbocycles. The van der Waals surface area contributed by atoms with E-state index in [0.29, 0.717) is 40.6 Å². The van der Waals surface area contributed by atoms with Gasteiger partial charge in [0.05, 0.1) is 41.6 Å². The average Bonchev–Trinajstić information content (AvgIpc) is 3.30. The molecule has 2 aromatic carbocycles. The molecule has 0 spiro atoms. The Labute approximate surface area is 184 Å². The van der Waals surface area contributed by atoms with Crippen molar-refractivity contribution in [2.75, 3.05) is 19.0 Å². The van der Waals surface area contributed by atoms with Crippen molar-refractivity contribution in [3.8, 4) is 5.75 Å². The molecule has 4 rings (SSSR count). The van der Waals surface area contributed by atoms with Crippen LogP contribution in [0.5, 0.6) is 5.75 Å². The van der Waals surface area contributed by atoms with Gasteiger partial charge in [-0.25, -0.2) is 4.98 Å². The highest BCUT2D eigenvalue weighted by Crippen LogP contribution is 2.27. The number of nitrogens with zero attached hydrogens (tertiary/aromatic N) is 2. The zero-order valence-electron chi connectivity index (χ0n) is 17.5. The summed E-state index contributed by atoms with van der Waals surface area (Å²) in [5, 5.41) is 3.50. The van der Waals surface area contributed by atoms with Crippen LogP contribution < -0.4 is 15.6 Å². The van der Waals surface area contributed by atoms with Crippen LogP contribution in [0.1, 0.15) is 19.8 Å². The third-order valence-electron chi connectivity index (χ3n) is 5.25. The zero-order valence-corrected chi connectivity index (χ0v) is 18.4. The summed E-state index contributed by atoms with van der Waals surface area (Å²) in [6.07, 6.45) is 1.88. The van der Waals surface area contributed by atoms with Crippen molar-refractivity contribution in [2.24, 2.45) is 0 Å². The topological polar surface area (TPSA) is 82.5 Å². The Balaban J connectivity index is 1.61. The van der Waals surface area contributed by atoms with Crippen molar-refractivity contribution >= 4 is 34.3 Å². The molecule has 1 aromatic heterocycles. The zero-order chi connectivity index (χ0) is 21.8. The molecule has 1 saturated heterocycles. The second-order valence-electron chi connectivity index (χ2n) is 7.41. The summed E-state index contributed by atoms with van der Waals surface area (Å²) in [5.74, 6) is 0.396. The smallest absolute Gasteiger partial charge is 0.262 e. The summed E-state index contributed by atoms with van der Waals surface area (Å²) in [6, 6.07) is 14.5. The van der Waals surface area contributed by atoms with Gasteiger partial charge in [-0.05, 0) is 44.0 Å². The van der Waals surface area contributed by atoms with E-state index in [0.717, 1.165) is 12.8 Å².